The SMILES string of the molecule is C=C1C[C@H]2C3=CC=C4C=CCC[C@]4(C)[C@H]3CC[C@]2(C)[C@@]1(O)C(C)=O. The number of hydrogen-bond acceptors (Lipinski definition) is 2. The summed E-state index contributed by atoms with van der Waals surface area (Å²) < 4.78 is 0. The summed E-state index contributed by atoms with van der Waals surface area (Å²) in [6, 6.07) is 0. The first-order valence-corrected chi connectivity index (χ1v) is 9.25. The topological polar surface area (TPSA) is 37.3 Å². The zero-order chi connectivity index (χ0) is 17.3. The molecular formula is C22H28O2. The number of rotatable bonds is 1. The molecule has 0 aromatic heterocycles. The summed E-state index contributed by atoms with van der Waals surface area (Å²) in [6.45, 7) is 10.1. The Hall–Kier alpha value is -1.41. The summed E-state index contributed by atoms with van der Waals surface area (Å²) in [7, 11) is 0. The van der Waals surface area contributed by atoms with Crippen LogP contribution < -0.4 is 0 Å². The zero-order valence-corrected chi connectivity index (χ0v) is 15.1. The van der Waals surface area contributed by atoms with E-state index in [9.17, 15) is 9.90 Å². The molecule has 0 saturated heterocycles. The molecule has 5 atom stereocenters. The number of aliphatic hydroxyl groups is 1. The molecule has 2 saturated carbocycles. The second-order valence-electron chi connectivity index (χ2n) is 8.78. The minimum absolute atomic E-state index is 0.143. The number of carbonyl (C=O) groups excluding carboxylic acids is 1. The van der Waals surface area contributed by atoms with Gasteiger partial charge in [0.05, 0.1) is 0 Å². The van der Waals surface area contributed by atoms with E-state index in [0.717, 1.165) is 25.7 Å². The fourth-order valence-electron chi connectivity index (χ4n) is 6.28. The van der Waals surface area contributed by atoms with Gasteiger partial charge in [-0.1, -0.05) is 50.3 Å². The van der Waals surface area contributed by atoms with Gasteiger partial charge < -0.3 is 5.11 Å². The van der Waals surface area contributed by atoms with Gasteiger partial charge in [0.25, 0.3) is 0 Å². The second kappa shape index (κ2) is 4.82. The number of allylic oxidation sites excluding steroid dienone is 6. The van der Waals surface area contributed by atoms with Crippen molar-refractivity contribution in [3.05, 3.63) is 47.6 Å². The summed E-state index contributed by atoms with van der Waals surface area (Å²) in [4.78, 5) is 12.3. The number of Topliss-reactive ketones (excluding diaryl/α,β-unsaturated/α-hetero) is 1. The van der Waals surface area contributed by atoms with Crippen molar-refractivity contribution in [3.63, 3.8) is 0 Å². The molecule has 1 N–H and O–H groups in total. The molecule has 4 rings (SSSR count). The smallest absolute Gasteiger partial charge is 0.166 e. The Bertz CT molecular complexity index is 724. The van der Waals surface area contributed by atoms with Gasteiger partial charge in [0.2, 0.25) is 0 Å². The van der Waals surface area contributed by atoms with E-state index in [4.69, 9.17) is 0 Å². The monoisotopic (exact) mass is 324 g/mol. The molecule has 2 heteroatoms. The van der Waals surface area contributed by atoms with Crippen LogP contribution in [0.15, 0.2) is 47.6 Å². The van der Waals surface area contributed by atoms with Gasteiger partial charge in [-0.15, -0.1) is 0 Å². The lowest BCUT2D eigenvalue weighted by Crippen LogP contribution is -2.54. The first-order valence-electron chi connectivity index (χ1n) is 9.25. The highest BCUT2D eigenvalue weighted by Crippen LogP contribution is 2.66. The lowest BCUT2D eigenvalue weighted by atomic mass is 9.50. The first-order chi connectivity index (χ1) is 11.2. The molecule has 0 aromatic rings. The molecule has 0 spiro atoms. The number of fused-ring (bicyclic) bond motifs is 5. The molecule has 24 heavy (non-hydrogen) atoms. The zero-order valence-electron chi connectivity index (χ0n) is 15.1. The van der Waals surface area contributed by atoms with E-state index >= 15 is 0 Å². The van der Waals surface area contributed by atoms with Gasteiger partial charge >= 0.3 is 0 Å². The van der Waals surface area contributed by atoms with E-state index in [1.165, 1.54) is 24.5 Å². The van der Waals surface area contributed by atoms with Crippen molar-refractivity contribution in [1.82, 2.24) is 0 Å². The lowest BCUT2D eigenvalue weighted by molar-refractivity contribution is -0.145. The Kier molecular flexibility index (Phi) is 3.23. The predicted molar refractivity (Wildman–Crippen MR) is 96.4 cm³/mol. The Morgan fingerprint density at radius 3 is 2.71 bits per heavy atom. The minimum atomic E-state index is -1.36. The molecule has 2 fully saturated rings. The number of ketones is 1. The van der Waals surface area contributed by atoms with Crippen molar-refractivity contribution in [1.29, 1.82) is 0 Å². The minimum Gasteiger partial charge on any atom is -0.377 e. The Balaban J connectivity index is 1.82. The van der Waals surface area contributed by atoms with Gasteiger partial charge in [0.1, 0.15) is 5.60 Å². The van der Waals surface area contributed by atoms with Crippen LogP contribution in [0, 0.1) is 22.7 Å². The van der Waals surface area contributed by atoms with E-state index in [1.54, 1.807) is 0 Å². The fourth-order valence-corrected chi connectivity index (χ4v) is 6.28. The first kappa shape index (κ1) is 16.1. The highest BCUT2D eigenvalue weighted by molar-refractivity contribution is 5.90. The average Bonchev–Trinajstić information content (AvgIpc) is 2.75. The van der Waals surface area contributed by atoms with Crippen LogP contribution in [-0.2, 0) is 4.79 Å². The van der Waals surface area contributed by atoms with E-state index in [0.29, 0.717) is 11.5 Å². The van der Waals surface area contributed by atoms with Crippen LogP contribution in [0.4, 0.5) is 0 Å². The van der Waals surface area contributed by atoms with Gasteiger partial charge in [-0.3, -0.25) is 4.79 Å². The van der Waals surface area contributed by atoms with Crippen molar-refractivity contribution < 1.29 is 9.90 Å². The van der Waals surface area contributed by atoms with Crippen LogP contribution in [0.2, 0.25) is 0 Å². The number of carbonyl (C=O) groups is 1. The third kappa shape index (κ3) is 1.68. The van der Waals surface area contributed by atoms with Gasteiger partial charge in [-0.2, -0.15) is 0 Å². The third-order valence-corrected chi connectivity index (χ3v) is 7.84. The molecule has 0 unspecified atom stereocenters. The highest BCUT2D eigenvalue weighted by atomic mass is 16.3. The number of hydrogen-bond donors (Lipinski definition) is 1. The highest BCUT2D eigenvalue weighted by Gasteiger charge is 2.65. The molecule has 128 valence electrons. The molecule has 2 nitrogen and oxygen atoms in total. The Morgan fingerprint density at radius 2 is 2.00 bits per heavy atom. The molecule has 0 heterocycles. The maximum Gasteiger partial charge on any atom is 0.166 e. The van der Waals surface area contributed by atoms with Crippen LogP contribution in [0.5, 0.6) is 0 Å². The molecule has 0 aliphatic heterocycles. The van der Waals surface area contributed by atoms with E-state index in [-0.39, 0.29) is 17.1 Å². The third-order valence-electron chi connectivity index (χ3n) is 7.84. The maximum absolute atomic E-state index is 12.3. The molecule has 0 radical (unpaired) electrons. The molecule has 0 amide bonds. The van der Waals surface area contributed by atoms with Crippen molar-refractivity contribution >= 4 is 5.78 Å². The van der Waals surface area contributed by atoms with E-state index < -0.39 is 11.0 Å². The summed E-state index contributed by atoms with van der Waals surface area (Å²) >= 11 is 0. The van der Waals surface area contributed by atoms with Crippen molar-refractivity contribution in [2.24, 2.45) is 22.7 Å². The van der Waals surface area contributed by atoms with E-state index in [1.807, 2.05) is 0 Å². The van der Waals surface area contributed by atoms with Crippen molar-refractivity contribution in [3.8, 4) is 0 Å². The van der Waals surface area contributed by atoms with Crippen LogP contribution in [-0.4, -0.2) is 16.5 Å². The molecule has 0 bridgehead atoms. The summed E-state index contributed by atoms with van der Waals surface area (Å²) in [5.74, 6) is 0.621. The van der Waals surface area contributed by atoms with Gasteiger partial charge in [-0.05, 0) is 67.4 Å². The van der Waals surface area contributed by atoms with Crippen molar-refractivity contribution in [2.45, 2.75) is 58.5 Å². The normalized spacial score (nSPS) is 46.6. The van der Waals surface area contributed by atoms with Gasteiger partial charge in [0, 0.05) is 5.41 Å². The average molecular weight is 324 g/mol. The second-order valence-corrected chi connectivity index (χ2v) is 8.78. The molecule has 4 aliphatic carbocycles. The largest absolute Gasteiger partial charge is 0.377 e. The van der Waals surface area contributed by atoms with E-state index in [2.05, 4.69) is 44.7 Å². The van der Waals surface area contributed by atoms with Crippen LogP contribution in [0.3, 0.4) is 0 Å². The van der Waals surface area contributed by atoms with Crippen LogP contribution >= 0.6 is 0 Å². The van der Waals surface area contributed by atoms with Crippen molar-refractivity contribution in [2.75, 3.05) is 0 Å². The van der Waals surface area contributed by atoms with Gasteiger partial charge in [-0.25, -0.2) is 0 Å². The molecule has 0 aromatic carbocycles. The standard InChI is InChI=1S/C22H28O2/c1-14-13-19-17-9-8-16-7-5-6-11-20(16,3)18(17)10-12-21(19,4)22(14,24)15(2)23/h5,7-9,18-19,24H,1,6,10-13H2,2-4H3/t18-,19-,20-,21-,22-/m0/s1. The lowest BCUT2D eigenvalue weighted by Gasteiger charge is -2.54. The van der Waals surface area contributed by atoms with Crippen LogP contribution in [0.25, 0.3) is 0 Å². The molecular weight excluding hydrogens is 296 g/mol. The predicted octanol–water partition coefficient (Wildman–Crippen LogP) is 4.52. The quantitative estimate of drug-likeness (QED) is 0.720. The summed E-state index contributed by atoms with van der Waals surface area (Å²) in [5, 5.41) is 11.3. The van der Waals surface area contributed by atoms with Crippen LogP contribution in [0.1, 0.15) is 52.9 Å². The molecule has 4 aliphatic rings. The fraction of sp³-hybridized carbons (Fsp3) is 0.591. The Morgan fingerprint density at radius 1 is 1.25 bits per heavy atom. The maximum atomic E-state index is 12.3. The van der Waals surface area contributed by atoms with Gasteiger partial charge in [0.15, 0.2) is 5.78 Å². The Labute approximate surface area is 145 Å². The summed E-state index contributed by atoms with van der Waals surface area (Å²) in [5.41, 5.74) is 2.05. The summed E-state index contributed by atoms with van der Waals surface area (Å²) in [6.07, 6.45) is 14.2.